The van der Waals surface area contributed by atoms with Crippen LogP contribution in [0.4, 0.5) is 0 Å². The third kappa shape index (κ3) is 2.73. The summed E-state index contributed by atoms with van der Waals surface area (Å²) in [6.45, 7) is 0. The van der Waals surface area contributed by atoms with Crippen molar-refractivity contribution >= 4 is 5.97 Å². The molecule has 0 spiro atoms. The van der Waals surface area contributed by atoms with Gasteiger partial charge in [-0.25, -0.2) is 0 Å². The van der Waals surface area contributed by atoms with E-state index in [2.05, 4.69) is 0 Å². The molecule has 0 fully saturated rings. The summed E-state index contributed by atoms with van der Waals surface area (Å²) in [5.74, 6) is -2.04. The molecule has 5 heteroatoms. The Morgan fingerprint density at radius 1 is 1.17 bits per heavy atom. The Kier molecular flexibility index (Phi) is 4.09. The van der Waals surface area contributed by atoms with E-state index in [0.717, 1.165) is 18.2 Å². The number of aromatic hydroxyl groups is 2. The summed E-state index contributed by atoms with van der Waals surface area (Å²) in [6.07, 6.45) is 0. The van der Waals surface area contributed by atoms with Gasteiger partial charge in [0.1, 0.15) is 11.5 Å². The van der Waals surface area contributed by atoms with Crippen LogP contribution in [0.5, 0.6) is 11.5 Å². The molecule has 0 radical (unpaired) electrons. The topological polar surface area (TPSA) is 80.6 Å². The number of carbonyl (C=O) groups excluding carboxylic acids is 1. The van der Waals surface area contributed by atoms with Crippen molar-refractivity contribution in [2.45, 2.75) is 0 Å². The number of carboxylic acid groups (broad SMARTS) is 1. The first-order valence-corrected chi connectivity index (χ1v) is 2.84. The van der Waals surface area contributed by atoms with E-state index in [1.54, 1.807) is 0 Å². The molecule has 0 atom stereocenters. The minimum Gasteiger partial charge on any atom is -0.545 e. The van der Waals surface area contributed by atoms with Gasteiger partial charge < -0.3 is 20.1 Å². The number of carbonyl (C=O) groups is 1. The van der Waals surface area contributed by atoms with Gasteiger partial charge in [-0.1, -0.05) is 0 Å². The van der Waals surface area contributed by atoms with E-state index >= 15 is 0 Å². The monoisotopic (exact) mass is 176 g/mol. The van der Waals surface area contributed by atoms with Crippen molar-refractivity contribution in [3.8, 4) is 11.5 Å². The molecule has 2 N–H and O–H groups in total. The number of hydrogen-bond donors (Lipinski definition) is 2. The van der Waals surface area contributed by atoms with E-state index in [1.165, 1.54) is 0 Å². The number of carboxylic acids is 1. The molecule has 0 aliphatic carbocycles. The van der Waals surface area contributed by atoms with Gasteiger partial charge in [-0.2, -0.15) is 0 Å². The molecule has 0 unspecified atom stereocenters. The molecule has 0 amide bonds. The van der Waals surface area contributed by atoms with Crippen LogP contribution in [0.1, 0.15) is 10.4 Å². The van der Waals surface area contributed by atoms with Crippen LogP contribution in [0, 0.1) is 0 Å². The van der Waals surface area contributed by atoms with Gasteiger partial charge in [-0.3, -0.25) is 0 Å². The third-order valence-corrected chi connectivity index (χ3v) is 1.14. The first-order chi connectivity index (χ1) is 5.09. The Bertz CT molecular complexity index is 277. The molecule has 0 bridgehead atoms. The molecule has 4 nitrogen and oxygen atoms in total. The number of benzene rings is 1. The number of phenols is 2. The van der Waals surface area contributed by atoms with Crippen molar-refractivity contribution in [3.63, 3.8) is 0 Å². The van der Waals surface area contributed by atoms with Crippen molar-refractivity contribution in [1.82, 2.24) is 0 Å². The summed E-state index contributed by atoms with van der Waals surface area (Å²) in [5.41, 5.74) is -0.248. The number of hydrogen-bond acceptors (Lipinski definition) is 4. The van der Waals surface area contributed by atoms with Crippen LogP contribution in [0.25, 0.3) is 0 Å². The average molecular weight is 176 g/mol. The van der Waals surface area contributed by atoms with Gasteiger partial charge in [0.15, 0.2) is 0 Å². The summed E-state index contributed by atoms with van der Waals surface area (Å²) in [5, 5.41) is 27.8. The van der Waals surface area contributed by atoms with E-state index in [0.29, 0.717) is 0 Å². The Hall–Kier alpha value is -0.710. The summed E-state index contributed by atoms with van der Waals surface area (Å²) in [4.78, 5) is 10.2. The maximum atomic E-state index is 10.2. The maximum Gasteiger partial charge on any atom is 1.00 e. The van der Waals surface area contributed by atoms with E-state index in [9.17, 15) is 9.90 Å². The zero-order valence-electron chi connectivity index (χ0n) is 6.44. The Morgan fingerprint density at radius 2 is 1.58 bits per heavy atom. The van der Waals surface area contributed by atoms with Crippen LogP contribution in [0.15, 0.2) is 18.2 Å². The molecule has 0 saturated carbocycles. The molecule has 58 valence electrons. The van der Waals surface area contributed by atoms with E-state index in [-0.39, 0.29) is 46.6 Å². The molecule has 0 aliphatic rings. The van der Waals surface area contributed by atoms with Crippen molar-refractivity contribution in [2.24, 2.45) is 0 Å². The van der Waals surface area contributed by atoms with Gasteiger partial charge in [0, 0.05) is 11.6 Å². The third-order valence-electron chi connectivity index (χ3n) is 1.14. The molecule has 12 heavy (non-hydrogen) atoms. The van der Waals surface area contributed by atoms with E-state index < -0.39 is 5.97 Å². The van der Waals surface area contributed by atoms with Crippen LogP contribution < -0.4 is 34.7 Å². The Balaban J connectivity index is 0.00000121. The zero-order chi connectivity index (χ0) is 8.43. The fourth-order valence-electron chi connectivity index (χ4n) is 0.713. The van der Waals surface area contributed by atoms with Crippen LogP contribution >= 0.6 is 0 Å². The number of rotatable bonds is 1. The van der Waals surface area contributed by atoms with E-state index in [1.807, 2.05) is 0 Å². The molecule has 1 aromatic rings. The minimum absolute atomic E-state index is 0. The largest absolute Gasteiger partial charge is 1.00 e. The summed E-state index contributed by atoms with van der Waals surface area (Å²) >= 11 is 0. The smallest absolute Gasteiger partial charge is 0.545 e. The van der Waals surface area contributed by atoms with Gasteiger partial charge in [0.25, 0.3) is 0 Å². The van der Waals surface area contributed by atoms with Gasteiger partial charge in [0.2, 0.25) is 0 Å². The van der Waals surface area contributed by atoms with Crippen molar-refractivity contribution in [3.05, 3.63) is 23.8 Å². The number of aromatic carboxylic acids is 1. The van der Waals surface area contributed by atoms with Crippen LogP contribution in [0.2, 0.25) is 0 Å². The molecule has 0 heterocycles. The predicted octanol–water partition coefficient (Wildman–Crippen LogP) is -3.53. The SMILES string of the molecule is O=C([O-])c1cc(O)cc(O)c1.[Na+]. The van der Waals surface area contributed by atoms with Crippen molar-refractivity contribution < 1.29 is 49.7 Å². The predicted molar refractivity (Wildman–Crippen MR) is 34.1 cm³/mol. The second-order valence-corrected chi connectivity index (χ2v) is 2.03. The first kappa shape index (κ1) is 11.3. The maximum absolute atomic E-state index is 10.2. The first-order valence-electron chi connectivity index (χ1n) is 2.84. The quantitative estimate of drug-likeness (QED) is 0.434. The van der Waals surface area contributed by atoms with Crippen LogP contribution in [-0.2, 0) is 0 Å². The standard InChI is InChI=1S/C7H6O4.Na/c8-5-1-4(7(10)11)2-6(9)3-5;/h1-3,8-9H,(H,10,11);/q;+1/p-1. The molecule has 0 saturated heterocycles. The van der Waals surface area contributed by atoms with E-state index in [4.69, 9.17) is 10.2 Å². The average Bonchev–Trinajstić information content (AvgIpc) is 1.85. The molecule has 1 aromatic carbocycles. The Morgan fingerprint density at radius 3 is 1.92 bits per heavy atom. The van der Waals surface area contributed by atoms with Crippen LogP contribution in [-0.4, -0.2) is 16.2 Å². The normalized spacial score (nSPS) is 8.67. The van der Waals surface area contributed by atoms with Crippen molar-refractivity contribution in [1.29, 1.82) is 0 Å². The minimum atomic E-state index is -1.43. The molecular weight excluding hydrogens is 171 g/mol. The van der Waals surface area contributed by atoms with Crippen LogP contribution in [0.3, 0.4) is 0 Å². The fourth-order valence-corrected chi connectivity index (χ4v) is 0.713. The second-order valence-electron chi connectivity index (χ2n) is 2.03. The van der Waals surface area contributed by atoms with Gasteiger partial charge in [-0.05, 0) is 12.1 Å². The molecular formula is C7H5NaO4. The second kappa shape index (κ2) is 4.35. The van der Waals surface area contributed by atoms with Gasteiger partial charge in [-0.15, -0.1) is 0 Å². The van der Waals surface area contributed by atoms with Gasteiger partial charge >= 0.3 is 29.6 Å². The zero-order valence-corrected chi connectivity index (χ0v) is 8.44. The molecule has 1 rings (SSSR count). The fraction of sp³-hybridized carbons (Fsp3) is 0. The Labute approximate surface area is 90.8 Å². The summed E-state index contributed by atoms with van der Waals surface area (Å²) < 4.78 is 0. The summed E-state index contributed by atoms with van der Waals surface area (Å²) in [6, 6.07) is 3.02. The number of phenolic OH excluding ortho intramolecular Hbond substituents is 2. The van der Waals surface area contributed by atoms with Crippen molar-refractivity contribution in [2.75, 3.05) is 0 Å². The van der Waals surface area contributed by atoms with Gasteiger partial charge in [0.05, 0.1) is 5.97 Å². The molecule has 0 aromatic heterocycles. The summed E-state index contributed by atoms with van der Waals surface area (Å²) in [7, 11) is 0. The molecule has 0 aliphatic heterocycles.